The van der Waals surface area contributed by atoms with E-state index in [4.69, 9.17) is 0 Å². The minimum absolute atomic E-state index is 0.0396. The molecule has 4 heteroatoms. The van der Waals surface area contributed by atoms with Crippen LogP contribution in [-0.2, 0) is 9.59 Å². The quantitative estimate of drug-likeness (QED) is 0.842. The lowest BCUT2D eigenvalue weighted by atomic mass is 9.79. The van der Waals surface area contributed by atoms with Gasteiger partial charge in [-0.2, -0.15) is 0 Å². The Morgan fingerprint density at radius 2 is 2.00 bits per heavy atom. The lowest BCUT2D eigenvalue weighted by molar-refractivity contribution is -0.145. The number of hydrogen-bond donors (Lipinski definition) is 1. The summed E-state index contributed by atoms with van der Waals surface area (Å²) in [5.41, 5.74) is -0.359. The Bertz CT molecular complexity index is 350. The number of nitrogens with one attached hydrogen (secondary N) is 1. The molecule has 0 saturated carbocycles. The molecule has 1 atom stereocenters. The van der Waals surface area contributed by atoms with Gasteiger partial charge in [0.2, 0.25) is 11.8 Å². The summed E-state index contributed by atoms with van der Waals surface area (Å²) in [6.45, 7) is 12.3. The van der Waals surface area contributed by atoms with Gasteiger partial charge in [0, 0.05) is 25.0 Å². The molecule has 0 aromatic carbocycles. The van der Waals surface area contributed by atoms with Crippen LogP contribution in [0.1, 0.15) is 53.9 Å². The average molecular weight is 282 g/mol. The van der Waals surface area contributed by atoms with Gasteiger partial charge in [0.1, 0.15) is 0 Å². The molecule has 1 rings (SSSR count). The summed E-state index contributed by atoms with van der Waals surface area (Å²) < 4.78 is 0. The number of rotatable bonds is 5. The molecule has 0 bridgehead atoms. The van der Waals surface area contributed by atoms with Gasteiger partial charge >= 0.3 is 0 Å². The Hall–Kier alpha value is -1.06. The molecule has 1 unspecified atom stereocenters. The lowest BCUT2D eigenvalue weighted by Gasteiger charge is -2.38. The molecule has 0 radical (unpaired) electrons. The highest BCUT2D eigenvalue weighted by Gasteiger charge is 2.37. The van der Waals surface area contributed by atoms with E-state index < -0.39 is 0 Å². The first-order valence-corrected chi connectivity index (χ1v) is 7.87. The average Bonchev–Trinajstić information content (AvgIpc) is 2.43. The first-order valence-electron chi connectivity index (χ1n) is 7.87. The first-order chi connectivity index (χ1) is 9.30. The van der Waals surface area contributed by atoms with Crippen molar-refractivity contribution in [2.45, 2.75) is 53.9 Å². The van der Waals surface area contributed by atoms with E-state index in [2.05, 4.69) is 19.2 Å². The molecular formula is C16H30N2O2. The number of carbonyl (C=O) groups excluding carboxylic acids is 2. The van der Waals surface area contributed by atoms with Crippen molar-refractivity contribution < 1.29 is 9.59 Å². The molecular weight excluding hydrogens is 252 g/mol. The zero-order valence-electron chi connectivity index (χ0n) is 13.7. The largest absolute Gasteiger partial charge is 0.356 e. The Labute approximate surface area is 123 Å². The minimum Gasteiger partial charge on any atom is -0.356 e. The molecule has 4 nitrogen and oxygen atoms in total. The van der Waals surface area contributed by atoms with E-state index >= 15 is 0 Å². The van der Waals surface area contributed by atoms with Crippen molar-refractivity contribution in [1.29, 1.82) is 0 Å². The van der Waals surface area contributed by atoms with Gasteiger partial charge in [0.25, 0.3) is 0 Å². The van der Waals surface area contributed by atoms with Gasteiger partial charge in [-0.1, -0.05) is 34.6 Å². The third-order valence-electron chi connectivity index (χ3n) is 4.62. The standard InChI is InChI=1S/C16H30N2O2/c1-6-9-17-14(19)13-8-7-10-18(11-13)15(20)16(4,5)12(2)3/h12-13H,6-11H2,1-5H3,(H,17,19). The van der Waals surface area contributed by atoms with Crippen LogP contribution in [0.25, 0.3) is 0 Å². The number of likely N-dealkylation sites (tertiary alicyclic amines) is 1. The minimum atomic E-state index is -0.359. The van der Waals surface area contributed by atoms with E-state index in [0.717, 1.165) is 32.4 Å². The van der Waals surface area contributed by atoms with Gasteiger partial charge in [-0.25, -0.2) is 0 Å². The van der Waals surface area contributed by atoms with Crippen LogP contribution in [-0.4, -0.2) is 36.3 Å². The summed E-state index contributed by atoms with van der Waals surface area (Å²) in [5, 5.41) is 2.95. The second kappa shape index (κ2) is 7.09. The number of amides is 2. The highest BCUT2D eigenvalue weighted by atomic mass is 16.2. The van der Waals surface area contributed by atoms with Gasteiger partial charge in [0.05, 0.1) is 5.92 Å². The highest BCUT2D eigenvalue weighted by molar-refractivity contribution is 5.84. The Kier molecular flexibility index (Phi) is 6.03. The zero-order valence-corrected chi connectivity index (χ0v) is 13.7. The van der Waals surface area contributed by atoms with Crippen LogP contribution in [0.3, 0.4) is 0 Å². The highest BCUT2D eigenvalue weighted by Crippen LogP contribution is 2.30. The van der Waals surface area contributed by atoms with E-state index in [1.54, 1.807) is 0 Å². The molecule has 1 fully saturated rings. The molecule has 20 heavy (non-hydrogen) atoms. The number of piperidine rings is 1. The monoisotopic (exact) mass is 282 g/mol. The number of nitrogens with zero attached hydrogens (tertiary/aromatic N) is 1. The summed E-state index contributed by atoms with van der Waals surface area (Å²) in [6.07, 6.45) is 2.76. The van der Waals surface area contributed by atoms with Crippen molar-refractivity contribution >= 4 is 11.8 Å². The number of carbonyl (C=O) groups is 2. The summed E-state index contributed by atoms with van der Waals surface area (Å²) in [6, 6.07) is 0. The third-order valence-corrected chi connectivity index (χ3v) is 4.62. The van der Waals surface area contributed by atoms with Crippen molar-refractivity contribution in [3.63, 3.8) is 0 Å². The molecule has 2 amide bonds. The summed E-state index contributed by atoms with van der Waals surface area (Å²) >= 11 is 0. The predicted octanol–water partition coefficient (Wildman–Crippen LogP) is 2.43. The van der Waals surface area contributed by atoms with Crippen LogP contribution in [0.4, 0.5) is 0 Å². The van der Waals surface area contributed by atoms with E-state index in [1.165, 1.54) is 0 Å². The molecule has 1 aliphatic heterocycles. The first kappa shape index (κ1) is 17.0. The van der Waals surface area contributed by atoms with Crippen molar-refractivity contribution in [1.82, 2.24) is 10.2 Å². The molecule has 1 heterocycles. The van der Waals surface area contributed by atoms with Gasteiger partial charge in [0.15, 0.2) is 0 Å². The van der Waals surface area contributed by atoms with Gasteiger partial charge in [-0.3, -0.25) is 9.59 Å². The Morgan fingerprint density at radius 3 is 2.55 bits per heavy atom. The molecule has 1 aliphatic rings. The summed E-state index contributed by atoms with van der Waals surface area (Å²) in [7, 11) is 0. The zero-order chi connectivity index (χ0) is 15.3. The fourth-order valence-corrected chi connectivity index (χ4v) is 2.42. The van der Waals surface area contributed by atoms with E-state index in [1.807, 2.05) is 25.7 Å². The van der Waals surface area contributed by atoms with Gasteiger partial charge in [-0.15, -0.1) is 0 Å². The normalized spacial score (nSPS) is 20.1. The SMILES string of the molecule is CCCNC(=O)C1CCCN(C(=O)C(C)(C)C(C)C)C1. The predicted molar refractivity (Wildman–Crippen MR) is 81.2 cm³/mol. The van der Waals surface area contributed by atoms with Crippen molar-refractivity contribution in [2.24, 2.45) is 17.3 Å². The van der Waals surface area contributed by atoms with Crippen LogP contribution in [0.5, 0.6) is 0 Å². The summed E-state index contributed by atoms with van der Waals surface area (Å²) in [5.74, 6) is 0.540. The third kappa shape index (κ3) is 3.97. The van der Waals surface area contributed by atoms with E-state index in [0.29, 0.717) is 12.5 Å². The van der Waals surface area contributed by atoms with Gasteiger partial charge < -0.3 is 10.2 Å². The van der Waals surface area contributed by atoms with E-state index in [9.17, 15) is 9.59 Å². The Balaban J connectivity index is 2.65. The maximum absolute atomic E-state index is 12.6. The topological polar surface area (TPSA) is 49.4 Å². The maximum atomic E-state index is 12.6. The molecule has 1 saturated heterocycles. The molecule has 1 N–H and O–H groups in total. The van der Waals surface area contributed by atoms with Gasteiger partial charge in [-0.05, 0) is 25.2 Å². The molecule has 0 aromatic heterocycles. The maximum Gasteiger partial charge on any atom is 0.228 e. The molecule has 0 aliphatic carbocycles. The van der Waals surface area contributed by atoms with Crippen molar-refractivity contribution in [2.75, 3.05) is 19.6 Å². The lowest BCUT2D eigenvalue weighted by Crippen LogP contribution is -2.50. The molecule has 0 aromatic rings. The van der Waals surface area contributed by atoms with Crippen LogP contribution in [0.15, 0.2) is 0 Å². The Morgan fingerprint density at radius 1 is 1.35 bits per heavy atom. The van der Waals surface area contributed by atoms with Crippen molar-refractivity contribution in [3.05, 3.63) is 0 Å². The smallest absolute Gasteiger partial charge is 0.228 e. The van der Waals surface area contributed by atoms with Crippen LogP contribution >= 0.6 is 0 Å². The second-order valence-corrected chi connectivity index (χ2v) is 6.76. The van der Waals surface area contributed by atoms with Crippen LogP contribution in [0, 0.1) is 17.3 Å². The second-order valence-electron chi connectivity index (χ2n) is 6.76. The fraction of sp³-hybridized carbons (Fsp3) is 0.875. The molecule has 116 valence electrons. The van der Waals surface area contributed by atoms with E-state index in [-0.39, 0.29) is 23.1 Å². The van der Waals surface area contributed by atoms with Crippen molar-refractivity contribution in [3.8, 4) is 0 Å². The summed E-state index contributed by atoms with van der Waals surface area (Å²) in [4.78, 5) is 26.6. The van der Waals surface area contributed by atoms with Crippen LogP contribution < -0.4 is 5.32 Å². The number of hydrogen-bond acceptors (Lipinski definition) is 2. The molecule has 0 spiro atoms. The van der Waals surface area contributed by atoms with Crippen LogP contribution in [0.2, 0.25) is 0 Å². The fourth-order valence-electron chi connectivity index (χ4n) is 2.42.